The fourth-order valence-electron chi connectivity index (χ4n) is 0.0589. The summed E-state index contributed by atoms with van der Waals surface area (Å²) in [6, 6.07) is 0. The molecule has 0 aromatic carbocycles. The molecule has 0 spiro atoms. The Hall–Kier alpha value is -0.0200. The summed E-state index contributed by atoms with van der Waals surface area (Å²) in [5.74, 6) is 0. The topological polar surface area (TPSA) is 49.9 Å². The van der Waals surface area contributed by atoms with Crippen LogP contribution in [0, 0.1) is 5.41 Å². The lowest BCUT2D eigenvalue weighted by molar-refractivity contribution is 0.914. The van der Waals surface area contributed by atoms with E-state index in [9.17, 15) is 0 Å². The van der Waals surface area contributed by atoms with E-state index >= 15 is 0 Å². The monoisotopic (exact) mass is 118 g/mol. The molecular weight excluding hydrogens is 108 g/mol. The van der Waals surface area contributed by atoms with Crippen molar-refractivity contribution in [3.05, 3.63) is 0 Å². The molecule has 2 nitrogen and oxygen atoms in total. The van der Waals surface area contributed by atoms with E-state index in [1.165, 1.54) is 18.0 Å². The molecule has 0 aliphatic heterocycles. The maximum Gasteiger partial charge on any atom is 0.0940 e. The van der Waals surface area contributed by atoms with Crippen LogP contribution in [0.3, 0.4) is 0 Å². The Morgan fingerprint density at radius 2 is 2.29 bits per heavy atom. The van der Waals surface area contributed by atoms with Crippen molar-refractivity contribution in [1.82, 2.24) is 0 Å². The summed E-state index contributed by atoms with van der Waals surface area (Å²) >= 11 is 1.46. The number of nitrogens with two attached hydrogens (primary N) is 1. The molecule has 7 heavy (non-hydrogen) atoms. The lowest BCUT2D eigenvalue weighted by Gasteiger charge is -2.13. The van der Waals surface area contributed by atoms with Gasteiger partial charge in [-0.25, -0.2) is 0 Å². The molecule has 0 amide bonds. The Labute approximate surface area is 48.0 Å². The van der Waals surface area contributed by atoms with Crippen molar-refractivity contribution >= 4 is 18.0 Å². The van der Waals surface area contributed by atoms with Gasteiger partial charge in [-0.15, -0.1) is 11.8 Å². The van der Waals surface area contributed by atoms with Crippen LogP contribution in [0.5, 0.6) is 0 Å². The second-order valence-electron chi connectivity index (χ2n) is 1.53. The zero-order valence-corrected chi connectivity index (χ0v) is 5.38. The highest BCUT2D eigenvalue weighted by Gasteiger charge is 2.09. The van der Waals surface area contributed by atoms with Gasteiger partial charge in [0.05, 0.1) is 4.87 Å². The Balaban J connectivity index is 3.58. The minimum Gasteiger partial charge on any atom is -0.313 e. The van der Waals surface area contributed by atoms with Gasteiger partial charge in [-0.1, -0.05) is 0 Å². The predicted molar refractivity (Wildman–Crippen MR) is 34.9 cm³/mol. The normalized spacial score (nSPS) is 18.1. The highest BCUT2D eigenvalue weighted by molar-refractivity contribution is 8.00. The molecule has 0 heterocycles. The maximum atomic E-state index is 6.73. The standard InChI is InChI=1S/C4H10N2S/c1-4(6,3-5)7-2/h3,5H,6H2,1-2H3. The summed E-state index contributed by atoms with van der Waals surface area (Å²) in [4.78, 5) is -0.458. The molecule has 0 aromatic rings. The molecule has 1 unspecified atom stereocenters. The molecule has 0 fully saturated rings. The van der Waals surface area contributed by atoms with Crippen LogP contribution >= 0.6 is 11.8 Å². The van der Waals surface area contributed by atoms with Crippen molar-refractivity contribution in [3.8, 4) is 0 Å². The fraction of sp³-hybridized carbons (Fsp3) is 0.750. The zero-order valence-electron chi connectivity index (χ0n) is 4.56. The minimum absolute atomic E-state index is 0.458. The first-order chi connectivity index (χ1) is 3.12. The molecule has 3 N–H and O–H groups in total. The molecule has 0 radical (unpaired) electrons. The van der Waals surface area contributed by atoms with Gasteiger partial charge in [-0.3, -0.25) is 0 Å². The average Bonchev–Trinajstić information content (AvgIpc) is 1.68. The van der Waals surface area contributed by atoms with Crippen molar-refractivity contribution in [3.63, 3.8) is 0 Å². The predicted octanol–water partition coefficient (Wildman–Crippen LogP) is 0.674. The van der Waals surface area contributed by atoms with Crippen LogP contribution in [0.1, 0.15) is 6.92 Å². The second-order valence-corrected chi connectivity index (χ2v) is 2.82. The highest BCUT2D eigenvalue weighted by Crippen LogP contribution is 2.09. The molecule has 0 aliphatic carbocycles. The van der Waals surface area contributed by atoms with Crippen LogP contribution < -0.4 is 5.73 Å². The lowest BCUT2D eigenvalue weighted by Crippen LogP contribution is -2.32. The van der Waals surface area contributed by atoms with Crippen LogP contribution in [0.15, 0.2) is 0 Å². The van der Waals surface area contributed by atoms with Gasteiger partial charge in [0.15, 0.2) is 0 Å². The summed E-state index contributed by atoms with van der Waals surface area (Å²) in [5, 5.41) is 6.73. The average molecular weight is 118 g/mol. The van der Waals surface area contributed by atoms with Gasteiger partial charge in [0.25, 0.3) is 0 Å². The molecule has 0 rings (SSSR count). The summed E-state index contributed by atoms with van der Waals surface area (Å²) < 4.78 is 0. The van der Waals surface area contributed by atoms with Crippen molar-refractivity contribution in [2.75, 3.05) is 6.26 Å². The Kier molecular flexibility index (Phi) is 2.32. The minimum atomic E-state index is -0.458. The smallest absolute Gasteiger partial charge is 0.0940 e. The largest absolute Gasteiger partial charge is 0.313 e. The van der Waals surface area contributed by atoms with Gasteiger partial charge in [-0.2, -0.15) is 0 Å². The van der Waals surface area contributed by atoms with Crippen LogP contribution in [-0.4, -0.2) is 17.3 Å². The third-order valence-corrected chi connectivity index (χ3v) is 1.72. The van der Waals surface area contributed by atoms with Crippen LogP contribution in [0.4, 0.5) is 0 Å². The van der Waals surface area contributed by atoms with E-state index < -0.39 is 4.87 Å². The molecular formula is C4H10N2S. The van der Waals surface area contributed by atoms with Gasteiger partial charge >= 0.3 is 0 Å². The van der Waals surface area contributed by atoms with Gasteiger partial charge in [0.2, 0.25) is 0 Å². The summed E-state index contributed by atoms with van der Waals surface area (Å²) in [5.41, 5.74) is 5.44. The molecule has 0 aromatic heterocycles. The third-order valence-electron chi connectivity index (χ3n) is 0.726. The van der Waals surface area contributed by atoms with Gasteiger partial charge in [0, 0.05) is 6.21 Å². The van der Waals surface area contributed by atoms with E-state index in [0.29, 0.717) is 0 Å². The van der Waals surface area contributed by atoms with Gasteiger partial charge in [-0.05, 0) is 13.2 Å². The van der Waals surface area contributed by atoms with E-state index in [4.69, 9.17) is 11.1 Å². The fourth-order valence-corrected chi connectivity index (χ4v) is 0.177. The highest BCUT2D eigenvalue weighted by atomic mass is 32.2. The van der Waals surface area contributed by atoms with Crippen LogP contribution in [0.2, 0.25) is 0 Å². The van der Waals surface area contributed by atoms with E-state index in [2.05, 4.69) is 0 Å². The van der Waals surface area contributed by atoms with Gasteiger partial charge in [0.1, 0.15) is 0 Å². The van der Waals surface area contributed by atoms with Crippen LogP contribution in [-0.2, 0) is 0 Å². The quantitative estimate of drug-likeness (QED) is 0.413. The third kappa shape index (κ3) is 2.65. The lowest BCUT2D eigenvalue weighted by atomic mass is 10.4. The maximum absolute atomic E-state index is 6.73. The van der Waals surface area contributed by atoms with E-state index in [1.54, 1.807) is 6.92 Å². The van der Waals surface area contributed by atoms with Crippen molar-refractivity contribution in [1.29, 1.82) is 5.41 Å². The van der Waals surface area contributed by atoms with Gasteiger partial charge < -0.3 is 11.1 Å². The first-order valence-electron chi connectivity index (χ1n) is 1.98. The first kappa shape index (κ1) is 6.98. The molecule has 0 saturated carbocycles. The van der Waals surface area contributed by atoms with Crippen molar-refractivity contribution in [2.45, 2.75) is 11.8 Å². The zero-order chi connectivity index (χ0) is 5.91. The molecule has 0 bridgehead atoms. The molecule has 42 valence electrons. The summed E-state index contributed by atoms with van der Waals surface area (Å²) in [7, 11) is 0. The summed E-state index contributed by atoms with van der Waals surface area (Å²) in [6.45, 7) is 1.80. The van der Waals surface area contributed by atoms with Crippen molar-refractivity contribution in [2.24, 2.45) is 5.73 Å². The number of nitrogens with one attached hydrogen (secondary N) is 1. The van der Waals surface area contributed by atoms with E-state index in [-0.39, 0.29) is 0 Å². The SMILES string of the molecule is CSC(C)(N)C=N. The number of hydrogen-bond donors (Lipinski definition) is 2. The summed E-state index contributed by atoms with van der Waals surface area (Å²) in [6.07, 6.45) is 3.11. The number of thioether (sulfide) groups is 1. The Morgan fingerprint density at radius 1 is 1.86 bits per heavy atom. The van der Waals surface area contributed by atoms with E-state index in [0.717, 1.165) is 0 Å². The second kappa shape index (κ2) is 2.33. The first-order valence-corrected chi connectivity index (χ1v) is 3.20. The number of rotatable bonds is 2. The Bertz CT molecular complexity index is 70.1. The molecule has 0 saturated heterocycles. The number of hydrogen-bond acceptors (Lipinski definition) is 3. The Morgan fingerprint density at radius 3 is 2.29 bits per heavy atom. The van der Waals surface area contributed by atoms with E-state index in [1.807, 2.05) is 6.26 Å². The molecule has 3 heteroatoms. The molecule has 0 aliphatic rings. The van der Waals surface area contributed by atoms with Crippen LogP contribution in [0.25, 0.3) is 0 Å². The van der Waals surface area contributed by atoms with Crippen molar-refractivity contribution < 1.29 is 0 Å². The molecule has 1 atom stereocenters.